The Hall–Kier alpha value is -3.48. The Morgan fingerprint density at radius 1 is 1.07 bits per heavy atom. The second-order valence-electron chi connectivity index (χ2n) is 8.51. The summed E-state index contributed by atoms with van der Waals surface area (Å²) in [5.41, 5.74) is 3.71. The Bertz CT molecular complexity index is 1180. The lowest BCUT2D eigenvalue weighted by Gasteiger charge is -2.28. The summed E-state index contributed by atoms with van der Waals surface area (Å²) < 4.78 is 10.9. The van der Waals surface area contributed by atoms with Gasteiger partial charge in [-0.3, -0.25) is 14.8 Å². The first-order valence-corrected chi connectivity index (χ1v) is 9.92. The number of para-hydroxylation sites is 1. The second kappa shape index (κ2) is 6.79. The van der Waals surface area contributed by atoms with Gasteiger partial charge in [-0.2, -0.15) is 5.10 Å². The normalized spacial score (nSPS) is 18.0. The van der Waals surface area contributed by atoms with Crippen LogP contribution in [0.4, 0.5) is 0 Å². The molecule has 0 saturated heterocycles. The molecule has 2 aliphatic rings. The first-order valence-electron chi connectivity index (χ1n) is 9.92. The molecule has 2 aromatic carbocycles. The van der Waals surface area contributed by atoms with Gasteiger partial charge in [-0.1, -0.05) is 32.9 Å². The molecule has 1 aromatic heterocycles. The molecule has 152 valence electrons. The highest BCUT2D eigenvalue weighted by atomic mass is 16.7. The third kappa shape index (κ3) is 3.07. The molecule has 1 amide bonds. The lowest BCUT2D eigenvalue weighted by atomic mass is 9.92. The zero-order valence-electron chi connectivity index (χ0n) is 17.1. The van der Waals surface area contributed by atoms with E-state index in [4.69, 9.17) is 14.6 Å². The average molecular weight is 402 g/mol. The highest BCUT2D eigenvalue weighted by Crippen LogP contribution is 2.40. The maximum absolute atomic E-state index is 13.3. The molecule has 30 heavy (non-hydrogen) atoms. The molecule has 0 N–H and O–H groups in total. The van der Waals surface area contributed by atoms with Crippen molar-refractivity contribution in [3.05, 3.63) is 59.9 Å². The molecular formula is C23H22N4O3. The lowest BCUT2D eigenvalue weighted by molar-refractivity contribution is -0.141. The van der Waals surface area contributed by atoms with Gasteiger partial charge in [0.2, 0.25) is 12.7 Å². The Kier molecular flexibility index (Phi) is 4.20. The van der Waals surface area contributed by atoms with Gasteiger partial charge in [-0.05, 0) is 24.3 Å². The molecule has 0 radical (unpaired) electrons. The van der Waals surface area contributed by atoms with Crippen molar-refractivity contribution in [3.8, 4) is 11.5 Å². The summed E-state index contributed by atoms with van der Waals surface area (Å²) in [6.07, 6.45) is 3.93. The monoisotopic (exact) mass is 402 g/mol. The van der Waals surface area contributed by atoms with E-state index >= 15 is 0 Å². The van der Waals surface area contributed by atoms with Crippen molar-refractivity contribution < 1.29 is 14.3 Å². The van der Waals surface area contributed by atoms with Crippen LogP contribution in [-0.4, -0.2) is 33.4 Å². The van der Waals surface area contributed by atoms with E-state index in [2.05, 4.69) is 9.97 Å². The van der Waals surface area contributed by atoms with Crippen molar-refractivity contribution in [2.75, 3.05) is 6.79 Å². The van der Waals surface area contributed by atoms with Gasteiger partial charge in [0.15, 0.2) is 11.5 Å². The molecule has 5 rings (SSSR count). The van der Waals surface area contributed by atoms with Gasteiger partial charge in [0, 0.05) is 35.4 Å². The van der Waals surface area contributed by atoms with Crippen LogP contribution in [-0.2, 0) is 4.79 Å². The molecule has 7 heteroatoms. The van der Waals surface area contributed by atoms with E-state index in [-0.39, 0.29) is 18.7 Å². The number of carbonyl (C=O) groups excluding carboxylic acids is 1. The van der Waals surface area contributed by atoms with E-state index < -0.39 is 5.41 Å². The molecule has 0 saturated carbocycles. The number of rotatable bonds is 2. The molecule has 0 fully saturated rings. The summed E-state index contributed by atoms with van der Waals surface area (Å²) in [5.74, 6) is 1.38. The van der Waals surface area contributed by atoms with Crippen molar-refractivity contribution in [1.29, 1.82) is 0 Å². The van der Waals surface area contributed by atoms with Gasteiger partial charge in [-0.15, -0.1) is 0 Å². The zero-order chi connectivity index (χ0) is 20.9. The number of carbonyl (C=O) groups is 1. The summed E-state index contributed by atoms with van der Waals surface area (Å²) in [4.78, 5) is 22.2. The van der Waals surface area contributed by atoms with E-state index in [1.54, 1.807) is 17.4 Å². The first-order chi connectivity index (χ1) is 14.4. The van der Waals surface area contributed by atoms with E-state index in [9.17, 15) is 4.79 Å². The molecule has 1 unspecified atom stereocenters. The van der Waals surface area contributed by atoms with E-state index in [0.29, 0.717) is 12.2 Å². The van der Waals surface area contributed by atoms with E-state index in [1.807, 2.05) is 57.2 Å². The van der Waals surface area contributed by atoms with Crippen molar-refractivity contribution >= 4 is 22.7 Å². The van der Waals surface area contributed by atoms with Crippen LogP contribution in [0.2, 0.25) is 0 Å². The number of benzene rings is 2. The number of hydrazone groups is 1. The Balaban J connectivity index is 1.59. The van der Waals surface area contributed by atoms with E-state index in [0.717, 1.165) is 33.6 Å². The molecule has 1 atom stereocenters. The minimum absolute atomic E-state index is 0.0378. The fraction of sp³-hybridized carbons (Fsp3) is 0.304. The minimum atomic E-state index is -0.567. The van der Waals surface area contributed by atoms with E-state index in [1.165, 1.54) is 0 Å². The molecular weight excluding hydrogens is 380 g/mol. The standard InChI is InChI=1S/C23H22N4O3/c1-23(2,3)22(28)27-18(15-5-4-6-16-21(15)25-10-9-24-16)12-17(26-27)14-7-8-19-20(11-14)30-13-29-19/h4-11,18H,12-13H2,1-3H3. The number of ether oxygens (including phenoxy) is 2. The van der Waals surface area contributed by atoms with Gasteiger partial charge in [0.05, 0.1) is 22.8 Å². The summed E-state index contributed by atoms with van der Waals surface area (Å²) in [5, 5.41) is 6.39. The van der Waals surface area contributed by atoms with Crippen LogP contribution in [0.25, 0.3) is 11.0 Å². The number of aromatic nitrogens is 2. The number of fused-ring (bicyclic) bond motifs is 2. The number of amides is 1. The van der Waals surface area contributed by atoms with Crippen molar-refractivity contribution in [2.45, 2.75) is 33.2 Å². The summed E-state index contributed by atoms with van der Waals surface area (Å²) >= 11 is 0. The van der Waals surface area contributed by atoms with Crippen molar-refractivity contribution in [3.63, 3.8) is 0 Å². The maximum atomic E-state index is 13.3. The van der Waals surface area contributed by atoms with Gasteiger partial charge in [0.25, 0.3) is 0 Å². The highest BCUT2D eigenvalue weighted by Gasteiger charge is 2.39. The molecule has 0 aliphatic carbocycles. The lowest BCUT2D eigenvalue weighted by Crippen LogP contribution is -2.36. The van der Waals surface area contributed by atoms with Gasteiger partial charge in [-0.25, -0.2) is 5.01 Å². The summed E-state index contributed by atoms with van der Waals surface area (Å²) in [6.45, 7) is 5.94. The fourth-order valence-electron chi connectivity index (χ4n) is 3.82. The van der Waals surface area contributed by atoms with Crippen LogP contribution in [0.1, 0.15) is 44.4 Å². The number of hydrogen-bond acceptors (Lipinski definition) is 6. The number of nitrogens with zero attached hydrogens (tertiary/aromatic N) is 4. The van der Waals surface area contributed by atoms with Gasteiger partial charge < -0.3 is 9.47 Å². The smallest absolute Gasteiger partial charge is 0.248 e. The predicted octanol–water partition coefficient (Wildman–Crippen LogP) is 4.08. The SMILES string of the molecule is CC(C)(C)C(=O)N1N=C(c2ccc3c(c2)OCO3)CC1c1cccc2nccnc12. The zero-order valence-corrected chi connectivity index (χ0v) is 17.1. The topological polar surface area (TPSA) is 76.9 Å². The molecule has 3 aromatic rings. The van der Waals surface area contributed by atoms with Gasteiger partial charge >= 0.3 is 0 Å². The third-order valence-electron chi connectivity index (χ3n) is 5.35. The van der Waals surface area contributed by atoms with Crippen LogP contribution in [0.15, 0.2) is 53.9 Å². The molecule has 0 spiro atoms. The highest BCUT2D eigenvalue weighted by molar-refractivity contribution is 6.04. The summed E-state index contributed by atoms with van der Waals surface area (Å²) in [6, 6.07) is 11.4. The minimum Gasteiger partial charge on any atom is -0.454 e. The van der Waals surface area contributed by atoms with Crippen LogP contribution in [0.5, 0.6) is 11.5 Å². The summed E-state index contributed by atoms with van der Waals surface area (Å²) in [7, 11) is 0. The third-order valence-corrected chi connectivity index (χ3v) is 5.35. The second-order valence-corrected chi connectivity index (χ2v) is 8.51. The fourth-order valence-corrected chi connectivity index (χ4v) is 3.82. The first kappa shape index (κ1) is 18.5. The largest absolute Gasteiger partial charge is 0.454 e. The van der Waals surface area contributed by atoms with Crippen LogP contribution >= 0.6 is 0 Å². The molecule has 2 aliphatic heterocycles. The van der Waals surface area contributed by atoms with Crippen molar-refractivity contribution in [1.82, 2.24) is 15.0 Å². The van der Waals surface area contributed by atoms with Crippen molar-refractivity contribution in [2.24, 2.45) is 10.5 Å². The van der Waals surface area contributed by atoms with Crippen LogP contribution < -0.4 is 9.47 Å². The average Bonchev–Trinajstić information content (AvgIpc) is 3.38. The Morgan fingerprint density at radius 2 is 1.87 bits per heavy atom. The Labute approximate surface area is 174 Å². The molecule has 7 nitrogen and oxygen atoms in total. The van der Waals surface area contributed by atoms with Gasteiger partial charge in [0.1, 0.15) is 0 Å². The van der Waals surface area contributed by atoms with Crippen LogP contribution in [0, 0.1) is 5.41 Å². The molecule has 3 heterocycles. The quantitative estimate of drug-likeness (QED) is 0.645. The Morgan fingerprint density at radius 3 is 2.70 bits per heavy atom. The maximum Gasteiger partial charge on any atom is 0.248 e. The number of hydrogen-bond donors (Lipinski definition) is 0. The van der Waals surface area contributed by atoms with Crippen LogP contribution in [0.3, 0.4) is 0 Å². The predicted molar refractivity (Wildman–Crippen MR) is 112 cm³/mol. The molecule has 0 bridgehead atoms.